The summed E-state index contributed by atoms with van der Waals surface area (Å²) < 4.78 is 0. The van der Waals surface area contributed by atoms with Crippen molar-refractivity contribution in [1.29, 1.82) is 5.26 Å². The summed E-state index contributed by atoms with van der Waals surface area (Å²) in [6.07, 6.45) is 5.75. The third kappa shape index (κ3) is 3.50. The molecule has 0 amide bonds. The standard InChI is InChI=1S/C10H11N3S2/c1-14-9-6-4-3-5-8(9)13-10(15-2)12-7-11/h3-6H,1-2H3,(H,12,13). The van der Waals surface area contributed by atoms with E-state index in [1.54, 1.807) is 11.8 Å². The minimum atomic E-state index is 0.610. The van der Waals surface area contributed by atoms with E-state index in [0.717, 1.165) is 10.6 Å². The molecule has 0 bridgehead atoms. The van der Waals surface area contributed by atoms with Crippen molar-refractivity contribution in [3.63, 3.8) is 0 Å². The van der Waals surface area contributed by atoms with Crippen molar-refractivity contribution in [3.05, 3.63) is 24.3 Å². The molecule has 0 aliphatic heterocycles. The molecule has 0 saturated carbocycles. The quantitative estimate of drug-likeness (QED) is 0.282. The van der Waals surface area contributed by atoms with Gasteiger partial charge in [0, 0.05) is 4.90 Å². The van der Waals surface area contributed by atoms with Gasteiger partial charge in [-0.25, -0.2) is 4.99 Å². The maximum atomic E-state index is 8.51. The van der Waals surface area contributed by atoms with Crippen LogP contribution in [0.5, 0.6) is 0 Å². The second kappa shape index (κ2) is 6.38. The topological polar surface area (TPSA) is 48.2 Å². The maximum Gasteiger partial charge on any atom is 0.183 e. The Kier molecular flexibility index (Phi) is 5.08. The highest BCUT2D eigenvalue weighted by atomic mass is 32.2. The van der Waals surface area contributed by atoms with Crippen molar-refractivity contribution in [2.45, 2.75) is 4.90 Å². The number of nitrogens with one attached hydrogen (secondary N) is 1. The average Bonchev–Trinajstić information content (AvgIpc) is 2.29. The monoisotopic (exact) mass is 237 g/mol. The molecule has 15 heavy (non-hydrogen) atoms. The Morgan fingerprint density at radius 2 is 2.13 bits per heavy atom. The highest BCUT2D eigenvalue weighted by Crippen LogP contribution is 2.27. The van der Waals surface area contributed by atoms with Crippen LogP contribution in [0.1, 0.15) is 0 Å². The minimum absolute atomic E-state index is 0.610. The van der Waals surface area contributed by atoms with E-state index in [2.05, 4.69) is 10.3 Å². The molecule has 0 aliphatic carbocycles. The third-order valence-corrected chi connectivity index (χ3v) is 3.03. The molecule has 78 valence electrons. The molecule has 0 radical (unpaired) electrons. The molecule has 1 aromatic carbocycles. The van der Waals surface area contributed by atoms with E-state index in [4.69, 9.17) is 5.26 Å². The molecule has 0 saturated heterocycles. The van der Waals surface area contributed by atoms with Crippen LogP contribution in [-0.2, 0) is 0 Å². The van der Waals surface area contributed by atoms with Crippen molar-refractivity contribution in [1.82, 2.24) is 5.32 Å². The molecule has 1 N–H and O–H groups in total. The van der Waals surface area contributed by atoms with Crippen LogP contribution in [0.15, 0.2) is 34.2 Å². The lowest BCUT2D eigenvalue weighted by Crippen LogP contribution is -2.12. The number of thioether (sulfide) groups is 2. The SMILES string of the molecule is CSC(=Nc1ccccc1SC)NC#N. The zero-order valence-corrected chi connectivity index (χ0v) is 10.2. The number of benzene rings is 1. The Morgan fingerprint density at radius 1 is 1.40 bits per heavy atom. The number of para-hydroxylation sites is 1. The van der Waals surface area contributed by atoms with Gasteiger partial charge in [0.15, 0.2) is 11.4 Å². The molecular weight excluding hydrogens is 226 g/mol. The Hall–Kier alpha value is -1.12. The number of amidine groups is 1. The number of hydrogen-bond acceptors (Lipinski definition) is 4. The van der Waals surface area contributed by atoms with Gasteiger partial charge in [0.05, 0.1) is 5.69 Å². The van der Waals surface area contributed by atoms with Crippen molar-refractivity contribution in [2.24, 2.45) is 4.99 Å². The molecular formula is C10H11N3S2. The number of aliphatic imine (C=N–C) groups is 1. The van der Waals surface area contributed by atoms with Crippen LogP contribution in [0.25, 0.3) is 0 Å². The zero-order chi connectivity index (χ0) is 11.1. The van der Waals surface area contributed by atoms with Crippen LogP contribution in [0.4, 0.5) is 5.69 Å². The van der Waals surface area contributed by atoms with E-state index in [1.165, 1.54) is 11.8 Å². The van der Waals surface area contributed by atoms with Crippen LogP contribution in [0.3, 0.4) is 0 Å². The summed E-state index contributed by atoms with van der Waals surface area (Å²) in [4.78, 5) is 5.46. The number of nitriles is 1. The second-order valence-corrected chi connectivity index (χ2v) is 4.17. The van der Waals surface area contributed by atoms with Crippen LogP contribution in [-0.4, -0.2) is 17.7 Å². The fraction of sp³-hybridized carbons (Fsp3) is 0.200. The minimum Gasteiger partial charge on any atom is -0.271 e. The van der Waals surface area contributed by atoms with Crippen molar-refractivity contribution in [3.8, 4) is 6.19 Å². The lowest BCUT2D eigenvalue weighted by molar-refractivity contribution is 1.26. The summed E-state index contributed by atoms with van der Waals surface area (Å²) in [7, 11) is 0. The van der Waals surface area contributed by atoms with Gasteiger partial charge in [-0.15, -0.1) is 11.8 Å². The highest BCUT2D eigenvalue weighted by molar-refractivity contribution is 8.13. The summed E-state index contributed by atoms with van der Waals surface area (Å²) in [5.74, 6) is 0. The Bertz CT molecular complexity index is 396. The molecule has 0 unspecified atom stereocenters. The first-order valence-corrected chi connectivity index (χ1v) is 6.67. The molecule has 1 aromatic rings. The van der Waals surface area contributed by atoms with Crippen LogP contribution in [0.2, 0.25) is 0 Å². The second-order valence-electron chi connectivity index (χ2n) is 2.53. The Morgan fingerprint density at radius 3 is 2.73 bits per heavy atom. The summed E-state index contributed by atoms with van der Waals surface area (Å²) in [5.41, 5.74) is 0.886. The van der Waals surface area contributed by atoms with Gasteiger partial charge in [0.25, 0.3) is 0 Å². The van der Waals surface area contributed by atoms with Crippen LogP contribution >= 0.6 is 23.5 Å². The number of rotatable bonds is 2. The van der Waals surface area contributed by atoms with Crippen LogP contribution in [0, 0.1) is 11.5 Å². The van der Waals surface area contributed by atoms with Gasteiger partial charge in [-0.1, -0.05) is 23.9 Å². The number of hydrogen-bond donors (Lipinski definition) is 1. The van der Waals surface area contributed by atoms with E-state index >= 15 is 0 Å². The normalized spacial score (nSPS) is 10.9. The van der Waals surface area contributed by atoms with E-state index in [-0.39, 0.29) is 0 Å². The van der Waals surface area contributed by atoms with Gasteiger partial charge in [0.1, 0.15) is 0 Å². The molecule has 0 spiro atoms. The first-order valence-electron chi connectivity index (χ1n) is 4.22. The molecule has 0 aliphatic rings. The summed E-state index contributed by atoms with van der Waals surface area (Å²) >= 11 is 3.05. The lowest BCUT2D eigenvalue weighted by Gasteiger charge is -2.03. The van der Waals surface area contributed by atoms with Crippen molar-refractivity contribution < 1.29 is 0 Å². The number of nitrogens with zero attached hydrogens (tertiary/aromatic N) is 2. The Balaban J connectivity index is 3.00. The zero-order valence-electron chi connectivity index (χ0n) is 8.52. The molecule has 1 rings (SSSR count). The van der Waals surface area contributed by atoms with E-state index in [9.17, 15) is 0 Å². The van der Waals surface area contributed by atoms with Gasteiger partial charge >= 0.3 is 0 Å². The first-order chi connectivity index (χ1) is 7.31. The molecule has 0 fully saturated rings. The predicted octanol–water partition coefficient (Wildman–Crippen LogP) is 2.83. The molecule has 5 heteroatoms. The summed E-state index contributed by atoms with van der Waals surface area (Å²) in [6.45, 7) is 0. The Labute approximate surface area is 98.0 Å². The van der Waals surface area contributed by atoms with E-state index in [0.29, 0.717) is 5.17 Å². The van der Waals surface area contributed by atoms with E-state index in [1.807, 2.05) is 43.0 Å². The predicted molar refractivity (Wildman–Crippen MR) is 67.6 cm³/mol. The summed E-state index contributed by atoms with van der Waals surface area (Å²) in [5, 5.41) is 11.7. The maximum absolute atomic E-state index is 8.51. The molecule has 0 aromatic heterocycles. The van der Waals surface area contributed by atoms with Gasteiger partial charge in [-0.3, -0.25) is 5.32 Å². The van der Waals surface area contributed by atoms with Gasteiger partial charge in [-0.05, 0) is 24.6 Å². The highest BCUT2D eigenvalue weighted by Gasteiger charge is 2.00. The summed E-state index contributed by atoms with van der Waals surface area (Å²) in [6, 6.07) is 7.85. The average molecular weight is 237 g/mol. The van der Waals surface area contributed by atoms with Crippen molar-refractivity contribution >= 4 is 34.4 Å². The first kappa shape index (κ1) is 12.0. The fourth-order valence-corrected chi connectivity index (χ4v) is 1.88. The molecule has 0 heterocycles. The van der Waals surface area contributed by atoms with E-state index < -0.39 is 0 Å². The molecule has 3 nitrogen and oxygen atoms in total. The van der Waals surface area contributed by atoms with Crippen LogP contribution < -0.4 is 5.32 Å². The van der Waals surface area contributed by atoms with Crippen molar-refractivity contribution in [2.75, 3.05) is 12.5 Å². The fourth-order valence-electron chi connectivity index (χ4n) is 1.00. The van der Waals surface area contributed by atoms with Gasteiger partial charge in [0.2, 0.25) is 0 Å². The van der Waals surface area contributed by atoms with Gasteiger partial charge in [-0.2, -0.15) is 5.26 Å². The largest absolute Gasteiger partial charge is 0.271 e. The van der Waals surface area contributed by atoms with Gasteiger partial charge < -0.3 is 0 Å². The third-order valence-electron chi connectivity index (χ3n) is 1.66. The molecule has 0 atom stereocenters. The lowest BCUT2D eigenvalue weighted by atomic mass is 10.3. The smallest absolute Gasteiger partial charge is 0.183 e.